The largest absolute Gasteiger partial charge is 0.357 e. The van der Waals surface area contributed by atoms with Crippen LogP contribution in [0.1, 0.15) is 34.6 Å². The first-order valence-electron chi connectivity index (χ1n) is 5.31. The van der Waals surface area contributed by atoms with Crippen LogP contribution in [0.4, 0.5) is 0 Å². The molecule has 0 heterocycles. The molecule has 0 saturated heterocycles. The SMILES string of the molecule is C=CCOPC1(C)C(C)=C(C)C(C)=C1C. The van der Waals surface area contributed by atoms with Crippen LogP contribution in [0.15, 0.2) is 34.9 Å². The Balaban J connectivity index is 2.89. The number of hydrogen-bond donors (Lipinski definition) is 0. The Morgan fingerprint density at radius 2 is 1.67 bits per heavy atom. The molecule has 0 fully saturated rings. The van der Waals surface area contributed by atoms with Gasteiger partial charge in [-0.2, -0.15) is 0 Å². The molecular weight excluding hydrogens is 203 g/mol. The molecule has 0 N–H and O–H groups in total. The summed E-state index contributed by atoms with van der Waals surface area (Å²) < 4.78 is 5.65. The molecule has 0 radical (unpaired) electrons. The summed E-state index contributed by atoms with van der Waals surface area (Å²) in [6, 6.07) is 0. The van der Waals surface area contributed by atoms with Crippen molar-refractivity contribution in [3.05, 3.63) is 34.9 Å². The Morgan fingerprint density at radius 3 is 2.07 bits per heavy atom. The molecule has 15 heavy (non-hydrogen) atoms. The zero-order chi connectivity index (χ0) is 11.6. The second-order valence-electron chi connectivity index (χ2n) is 4.33. The molecule has 0 amide bonds. The Kier molecular flexibility index (Phi) is 3.92. The molecule has 0 spiro atoms. The highest BCUT2D eigenvalue weighted by molar-refractivity contribution is 7.35. The van der Waals surface area contributed by atoms with Gasteiger partial charge in [-0.15, -0.1) is 6.58 Å². The van der Waals surface area contributed by atoms with Crippen LogP contribution in [0.3, 0.4) is 0 Å². The van der Waals surface area contributed by atoms with Crippen molar-refractivity contribution in [2.45, 2.75) is 39.8 Å². The van der Waals surface area contributed by atoms with Crippen LogP contribution in [-0.4, -0.2) is 11.8 Å². The zero-order valence-corrected chi connectivity index (χ0v) is 11.4. The lowest BCUT2D eigenvalue weighted by molar-refractivity contribution is 0.407. The second-order valence-corrected chi connectivity index (χ2v) is 5.82. The maximum atomic E-state index is 5.65. The van der Waals surface area contributed by atoms with Gasteiger partial charge in [0.05, 0.1) is 11.8 Å². The van der Waals surface area contributed by atoms with Gasteiger partial charge in [-0.3, -0.25) is 0 Å². The summed E-state index contributed by atoms with van der Waals surface area (Å²) >= 11 is 0. The first-order valence-corrected chi connectivity index (χ1v) is 6.22. The van der Waals surface area contributed by atoms with E-state index < -0.39 is 0 Å². The predicted octanol–water partition coefficient (Wildman–Crippen LogP) is 4.23. The zero-order valence-electron chi connectivity index (χ0n) is 10.4. The van der Waals surface area contributed by atoms with Gasteiger partial charge in [-0.1, -0.05) is 17.2 Å². The molecule has 84 valence electrons. The number of hydrogen-bond acceptors (Lipinski definition) is 1. The van der Waals surface area contributed by atoms with Crippen LogP contribution in [0.2, 0.25) is 0 Å². The average Bonchev–Trinajstić information content (AvgIpc) is 2.36. The molecule has 0 saturated carbocycles. The van der Waals surface area contributed by atoms with E-state index in [0.29, 0.717) is 15.4 Å². The van der Waals surface area contributed by atoms with Crippen molar-refractivity contribution in [3.8, 4) is 0 Å². The van der Waals surface area contributed by atoms with Crippen molar-refractivity contribution in [1.29, 1.82) is 0 Å². The third-order valence-electron chi connectivity index (χ3n) is 3.66. The van der Waals surface area contributed by atoms with E-state index in [1.54, 1.807) is 0 Å². The molecule has 2 heteroatoms. The highest BCUT2D eigenvalue weighted by Crippen LogP contribution is 2.51. The quantitative estimate of drug-likeness (QED) is 0.394. The van der Waals surface area contributed by atoms with E-state index in [1.165, 1.54) is 22.3 Å². The molecule has 0 aromatic carbocycles. The molecule has 0 aromatic heterocycles. The van der Waals surface area contributed by atoms with Crippen molar-refractivity contribution in [3.63, 3.8) is 0 Å². The minimum absolute atomic E-state index is 0.122. The molecule has 1 aliphatic carbocycles. The second kappa shape index (κ2) is 4.63. The van der Waals surface area contributed by atoms with Gasteiger partial charge < -0.3 is 4.52 Å². The van der Waals surface area contributed by atoms with Crippen molar-refractivity contribution < 1.29 is 4.52 Å². The maximum Gasteiger partial charge on any atom is 0.0684 e. The first kappa shape index (κ1) is 12.7. The van der Waals surface area contributed by atoms with Crippen LogP contribution in [-0.2, 0) is 4.52 Å². The molecule has 1 atom stereocenters. The van der Waals surface area contributed by atoms with E-state index in [9.17, 15) is 0 Å². The lowest BCUT2D eigenvalue weighted by atomic mass is 9.98. The Hall–Kier alpha value is -0.390. The van der Waals surface area contributed by atoms with Crippen molar-refractivity contribution >= 4 is 8.81 Å². The third kappa shape index (κ3) is 2.09. The molecule has 0 bridgehead atoms. The first-order chi connectivity index (χ1) is 6.95. The fourth-order valence-electron chi connectivity index (χ4n) is 1.99. The van der Waals surface area contributed by atoms with E-state index in [-0.39, 0.29) is 5.16 Å². The van der Waals surface area contributed by atoms with E-state index in [0.717, 1.165) is 0 Å². The molecule has 1 rings (SSSR count). The summed E-state index contributed by atoms with van der Waals surface area (Å²) in [5.74, 6) is 0. The topological polar surface area (TPSA) is 9.23 Å². The van der Waals surface area contributed by atoms with Crippen LogP contribution >= 0.6 is 8.81 Å². The van der Waals surface area contributed by atoms with Gasteiger partial charge in [-0.25, -0.2) is 0 Å². The van der Waals surface area contributed by atoms with Crippen LogP contribution < -0.4 is 0 Å². The standard InChI is InChI=1S/C13H21OP/c1-7-8-14-15-13(6)11(4)9(2)10(3)12(13)5/h7,15H,1,8H2,2-6H3. The normalized spacial score (nSPS) is 20.9. The highest BCUT2D eigenvalue weighted by atomic mass is 31.1. The van der Waals surface area contributed by atoms with E-state index in [1.807, 2.05) is 6.08 Å². The molecule has 0 aliphatic heterocycles. The summed E-state index contributed by atoms with van der Waals surface area (Å²) in [5.41, 5.74) is 5.79. The van der Waals surface area contributed by atoms with Gasteiger partial charge in [0.25, 0.3) is 0 Å². The molecule has 0 aromatic rings. The van der Waals surface area contributed by atoms with E-state index >= 15 is 0 Å². The fourth-order valence-corrected chi connectivity index (χ4v) is 3.16. The third-order valence-corrected chi connectivity index (χ3v) is 5.13. The van der Waals surface area contributed by atoms with Gasteiger partial charge in [0.2, 0.25) is 0 Å². The highest BCUT2D eigenvalue weighted by Gasteiger charge is 2.36. The summed E-state index contributed by atoms with van der Waals surface area (Å²) in [4.78, 5) is 0. The fraction of sp³-hybridized carbons (Fsp3) is 0.538. The van der Waals surface area contributed by atoms with Crippen LogP contribution in [0.5, 0.6) is 0 Å². The molecule has 1 nitrogen and oxygen atoms in total. The lowest BCUT2D eigenvalue weighted by Crippen LogP contribution is -2.19. The number of rotatable bonds is 4. The Morgan fingerprint density at radius 1 is 1.20 bits per heavy atom. The minimum Gasteiger partial charge on any atom is -0.357 e. The van der Waals surface area contributed by atoms with Crippen molar-refractivity contribution in [2.75, 3.05) is 6.61 Å². The van der Waals surface area contributed by atoms with Gasteiger partial charge in [-0.05, 0) is 45.8 Å². The van der Waals surface area contributed by atoms with Gasteiger partial charge in [0, 0.05) is 8.81 Å². The maximum absolute atomic E-state index is 5.65. The monoisotopic (exact) mass is 224 g/mol. The number of allylic oxidation sites excluding steroid dienone is 4. The van der Waals surface area contributed by atoms with Gasteiger partial charge >= 0.3 is 0 Å². The van der Waals surface area contributed by atoms with Crippen LogP contribution in [0, 0.1) is 0 Å². The smallest absolute Gasteiger partial charge is 0.0684 e. The van der Waals surface area contributed by atoms with E-state index in [4.69, 9.17) is 4.52 Å². The summed E-state index contributed by atoms with van der Waals surface area (Å²) in [6.45, 7) is 15.4. The van der Waals surface area contributed by atoms with Crippen molar-refractivity contribution in [2.24, 2.45) is 0 Å². The predicted molar refractivity (Wildman–Crippen MR) is 69.6 cm³/mol. The van der Waals surface area contributed by atoms with Crippen LogP contribution in [0.25, 0.3) is 0 Å². The van der Waals surface area contributed by atoms with Crippen molar-refractivity contribution in [1.82, 2.24) is 0 Å². The van der Waals surface area contributed by atoms with Gasteiger partial charge in [0.15, 0.2) is 0 Å². The summed E-state index contributed by atoms with van der Waals surface area (Å²) in [7, 11) is 0.491. The molecular formula is C13H21OP. The lowest BCUT2D eigenvalue weighted by Gasteiger charge is -2.28. The average molecular weight is 224 g/mol. The summed E-state index contributed by atoms with van der Waals surface area (Å²) in [5, 5.41) is 0.122. The van der Waals surface area contributed by atoms with Gasteiger partial charge in [0.1, 0.15) is 0 Å². The Labute approximate surface area is 95.2 Å². The molecule has 1 unspecified atom stereocenters. The molecule has 1 aliphatic rings. The van der Waals surface area contributed by atoms with E-state index in [2.05, 4.69) is 41.2 Å². The summed E-state index contributed by atoms with van der Waals surface area (Å²) in [6.07, 6.45) is 1.81. The Bertz CT molecular complexity index is 312. The minimum atomic E-state index is 0.122.